The summed E-state index contributed by atoms with van der Waals surface area (Å²) in [5.74, 6) is -1.24. The number of carbonyl (C=O) groups is 3. The van der Waals surface area contributed by atoms with Gasteiger partial charge in [0.1, 0.15) is 5.78 Å². The van der Waals surface area contributed by atoms with E-state index in [2.05, 4.69) is 10.6 Å². The molecular formula is C17H13Cl3N2O3. The molecule has 0 saturated carbocycles. The van der Waals surface area contributed by atoms with Crippen LogP contribution in [0.4, 0.5) is 11.4 Å². The van der Waals surface area contributed by atoms with E-state index in [1.54, 1.807) is 12.1 Å². The molecule has 2 rings (SSSR count). The van der Waals surface area contributed by atoms with Crippen LogP contribution in [-0.2, 0) is 9.59 Å². The fourth-order valence-corrected chi connectivity index (χ4v) is 2.47. The molecule has 8 heteroatoms. The molecule has 130 valence electrons. The third kappa shape index (κ3) is 5.46. The Balaban J connectivity index is 2.20. The van der Waals surface area contributed by atoms with Crippen LogP contribution in [0.2, 0.25) is 15.1 Å². The molecule has 0 aliphatic carbocycles. The second-order valence-corrected chi connectivity index (χ2v) is 6.45. The van der Waals surface area contributed by atoms with Crippen molar-refractivity contribution in [3.8, 4) is 0 Å². The molecule has 0 aromatic heterocycles. The van der Waals surface area contributed by atoms with Crippen LogP contribution in [0.25, 0.3) is 0 Å². The van der Waals surface area contributed by atoms with Crippen molar-refractivity contribution in [3.05, 3.63) is 57.0 Å². The Bertz CT molecular complexity index is 853. The van der Waals surface area contributed by atoms with Gasteiger partial charge in [0.2, 0.25) is 5.91 Å². The van der Waals surface area contributed by atoms with Gasteiger partial charge in [0.15, 0.2) is 0 Å². The van der Waals surface area contributed by atoms with Crippen LogP contribution in [0.1, 0.15) is 23.7 Å². The van der Waals surface area contributed by atoms with Gasteiger partial charge in [-0.05, 0) is 43.3 Å². The highest BCUT2D eigenvalue weighted by atomic mass is 35.5. The molecule has 2 amide bonds. The highest BCUT2D eigenvalue weighted by molar-refractivity contribution is 6.36. The topological polar surface area (TPSA) is 75.3 Å². The maximum absolute atomic E-state index is 12.4. The predicted molar refractivity (Wildman–Crippen MR) is 99.8 cm³/mol. The normalized spacial score (nSPS) is 10.2. The number of amides is 2. The average molecular weight is 400 g/mol. The van der Waals surface area contributed by atoms with E-state index in [1.165, 1.54) is 31.2 Å². The predicted octanol–water partition coefficient (Wildman–Crippen LogP) is 4.82. The summed E-state index contributed by atoms with van der Waals surface area (Å²) >= 11 is 17.9. The van der Waals surface area contributed by atoms with E-state index in [4.69, 9.17) is 34.8 Å². The van der Waals surface area contributed by atoms with Gasteiger partial charge < -0.3 is 10.6 Å². The first-order valence-electron chi connectivity index (χ1n) is 7.11. The summed E-state index contributed by atoms with van der Waals surface area (Å²) in [7, 11) is 0. The molecule has 2 aromatic carbocycles. The third-order valence-corrected chi connectivity index (χ3v) is 3.98. The van der Waals surface area contributed by atoms with Gasteiger partial charge in [-0.3, -0.25) is 14.4 Å². The number of benzene rings is 2. The van der Waals surface area contributed by atoms with Gasteiger partial charge in [-0.2, -0.15) is 0 Å². The van der Waals surface area contributed by atoms with Crippen LogP contribution in [-0.4, -0.2) is 17.6 Å². The highest BCUT2D eigenvalue weighted by Crippen LogP contribution is 2.27. The lowest BCUT2D eigenvalue weighted by molar-refractivity contribution is -0.124. The molecule has 0 aliphatic heterocycles. The van der Waals surface area contributed by atoms with Crippen molar-refractivity contribution in [3.63, 3.8) is 0 Å². The quantitative estimate of drug-likeness (QED) is 0.708. The molecular weight excluding hydrogens is 387 g/mol. The zero-order valence-electron chi connectivity index (χ0n) is 13.0. The van der Waals surface area contributed by atoms with E-state index < -0.39 is 11.8 Å². The number of Topliss-reactive ketones (excluding diaryl/α,β-unsaturated/α-hetero) is 1. The van der Waals surface area contributed by atoms with E-state index >= 15 is 0 Å². The van der Waals surface area contributed by atoms with Crippen LogP contribution in [0.5, 0.6) is 0 Å². The first-order valence-corrected chi connectivity index (χ1v) is 8.25. The fraction of sp³-hybridized carbons (Fsp3) is 0.118. The van der Waals surface area contributed by atoms with Gasteiger partial charge in [0, 0.05) is 10.6 Å². The van der Waals surface area contributed by atoms with Crippen molar-refractivity contribution in [1.82, 2.24) is 0 Å². The lowest BCUT2D eigenvalue weighted by atomic mass is 10.1. The van der Waals surface area contributed by atoms with Crippen LogP contribution >= 0.6 is 34.8 Å². The van der Waals surface area contributed by atoms with Crippen LogP contribution in [0.15, 0.2) is 36.4 Å². The van der Waals surface area contributed by atoms with E-state index in [0.29, 0.717) is 15.7 Å². The van der Waals surface area contributed by atoms with E-state index in [-0.39, 0.29) is 28.5 Å². The maximum Gasteiger partial charge on any atom is 0.255 e. The highest BCUT2D eigenvalue weighted by Gasteiger charge is 2.13. The number of ketones is 1. The molecule has 0 radical (unpaired) electrons. The Morgan fingerprint density at radius 3 is 2.12 bits per heavy atom. The Morgan fingerprint density at radius 2 is 1.48 bits per heavy atom. The Morgan fingerprint density at radius 1 is 0.880 bits per heavy atom. The molecule has 2 N–H and O–H groups in total. The minimum absolute atomic E-state index is 0.234. The number of nitrogens with one attached hydrogen (secondary N) is 2. The molecule has 0 atom stereocenters. The Kier molecular flexibility index (Phi) is 6.42. The summed E-state index contributed by atoms with van der Waals surface area (Å²) in [6.07, 6.45) is -0.273. The van der Waals surface area contributed by atoms with Gasteiger partial charge in [-0.1, -0.05) is 34.8 Å². The van der Waals surface area contributed by atoms with E-state index in [0.717, 1.165) is 0 Å². The van der Waals surface area contributed by atoms with Gasteiger partial charge in [0.05, 0.1) is 27.8 Å². The monoisotopic (exact) mass is 398 g/mol. The summed E-state index contributed by atoms with van der Waals surface area (Å²) < 4.78 is 0. The number of halogens is 3. The number of rotatable bonds is 5. The van der Waals surface area contributed by atoms with Gasteiger partial charge in [0.25, 0.3) is 5.91 Å². The van der Waals surface area contributed by atoms with Crippen molar-refractivity contribution < 1.29 is 14.4 Å². The summed E-state index contributed by atoms with van der Waals surface area (Å²) in [5.41, 5.74) is 0.840. The maximum atomic E-state index is 12.4. The lowest BCUT2D eigenvalue weighted by Crippen LogP contribution is -2.16. The van der Waals surface area contributed by atoms with Crippen molar-refractivity contribution >= 4 is 63.8 Å². The lowest BCUT2D eigenvalue weighted by Gasteiger charge is -2.11. The minimum atomic E-state index is -0.509. The van der Waals surface area contributed by atoms with Crippen LogP contribution < -0.4 is 10.6 Å². The molecule has 0 aliphatic rings. The van der Waals surface area contributed by atoms with Gasteiger partial charge in [-0.25, -0.2) is 0 Å². The molecule has 5 nitrogen and oxygen atoms in total. The number of carbonyl (C=O) groups excluding carboxylic acids is 3. The SMILES string of the molecule is CC(=O)CC(=O)Nc1cc(C(=O)Nc2cc(Cl)ccc2Cl)ccc1Cl. The largest absolute Gasteiger partial charge is 0.324 e. The van der Waals surface area contributed by atoms with Crippen LogP contribution in [0, 0.1) is 0 Å². The second kappa shape index (κ2) is 8.34. The molecule has 0 heterocycles. The fourth-order valence-electron chi connectivity index (χ4n) is 1.97. The molecule has 0 spiro atoms. The van der Waals surface area contributed by atoms with E-state index in [9.17, 15) is 14.4 Å². The van der Waals surface area contributed by atoms with Crippen molar-refractivity contribution in [2.24, 2.45) is 0 Å². The summed E-state index contributed by atoms with van der Waals surface area (Å²) in [4.78, 5) is 35.1. The first kappa shape index (κ1) is 19.2. The van der Waals surface area contributed by atoms with Crippen molar-refractivity contribution in [2.45, 2.75) is 13.3 Å². The van der Waals surface area contributed by atoms with Crippen LogP contribution in [0.3, 0.4) is 0 Å². The average Bonchev–Trinajstić information content (AvgIpc) is 2.52. The number of anilines is 2. The van der Waals surface area contributed by atoms with Gasteiger partial charge in [-0.15, -0.1) is 0 Å². The smallest absolute Gasteiger partial charge is 0.255 e. The number of hydrogen-bond acceptors (Lipinski definition) is 3. The van der Waals surface area contributed by atoms with Crippen molar-refractivity contribution in [1.29, 1.82) is 0 Å². The zero-order chi connectivity index (χ0) is 18.6. The summed E-state index contributed by atoms with van der Waals surface area (Å²) in [6, 6.07) is 9.07. The number of hydrogen-bond donors (Lipinski definition) is 2. The molecule has 0 fully saturated rings. The molecule has 25 heavy (non-hydrogen) atoms. The van der Waals surface area contributed by atoms with Gasteiger partial charge >= 0.3 is 0 Å². The second-order valence-electron chi connectivity index (χ2n) is 5.20. The minimum Gasteiger partial charge on any atom is -0.324 e. The van der Waals surface area contributed by atoms with E-state index in [1.807, 2.05) is 0 Å². The molecule has 2 aromatic rings. The molecule has 0 saturated heterocycles. The Labute approximate surface area is 159 Å². The third-order valence-electron chi connectivity index (χ3n) is 3.09. The molecule has 0 bridgehead atoms. The van der Waals surface area contributed by atoms with Crippen molar-refractivity contribution in [2.75, 3.05) is 10.6 Å². The standard InChI is InChI=1S/C17H13Cl3N2O3/c1-9(23)6-16(24)21-14-7-10(2-4-12(14)19)17(25)22-15-8-11(18)3-5-13(15)20/h2-5,7-8H,6H2,1H3,(H,21,24)(H,22,25). The first-order chi connectivity index (χ1) is 11.8. The zero-order valence-corrected chi connectivity index (χ0v) is 15.3. The summed E-state index contributed by atoms with van der Waals surface area (Å²) in [6.45, 7) is 1.31. The summed E-state index contributed by atoms with van der Waals surface area (Å²) in [5, 5.41) is 6.14. The Hall–Kier alpha value is -2.08. The molecule has 0 unspecified atom stereocenters.